The number of likely N-dealkylation sites (N-methyl/N-ethyl adjacent to an activating group) is 2. The van der Waals surface area contributed by atoms with Gasteiger partial charge in [0.05, 0.1) is 47.1 Å². The Morgan fingerprint density at radius 3 is 2.30 bits per heavy atom. The van der Waals surface area contributed by atoms with Crippen molar-refractivity contribution in [1.82, 2.24) is 19.5 Å². The highest BCUT2D eigenvalue weighted by Gasteiger charge is 2.53. The fraction of sp³-hybridized carbons (Fsp3) is 0.792. The normalized spacial score (nSPS) is 41.4. The molecule has 3 fully saturated rings. The van der Waals surface area contributed by atoms with Crippen LogP contribution in [-0.2, 0) is 43.2 Å². The molecule has 67 heavy (non-hydrogen) atoms. The molecule has 0 bridgehead atoms. The zero-order valence-corrected chi connectivity index (χ0v) is 42.6. The molecular weight excluding hydrogens is 889 g/mol. The van der Waals surface area contributed by atoms with Gasteiger partial charge in [-0.15, -0.1) is 0 Å². The number of aromatic nitrogens is 1. The lowest BCUT2D eigenvalue weighted by Crippen LogP contribution is -2.61. The van der Waals surface area contributed by atoms with Gasteiger partial charge >= 0.3 is 5.97 Å². The highest BCUT2D eigenvalue weighted by molar-refractivity contribution is 7.89. The maximum Gasteiger partial charge on any atom is 0.311 e. The van der Waals surface area contributed by atoms with Crippen molar-refractivity contribution >= 4 is 26.9 Å². The summed E-state index contributed by atoms with van der Waals surface area (Å²) in [5, 5.41) is 60.1. The molecule has 19 heteroatoms. The van der Waals surface area contributed by atoms with E-state index >= 15 is 0 Å². The van der Waals surface area contributed by atoms with Crippen LogP contribution in [0.4, 0.5) is 0 Å². The van der Waals surface area contributed by atoms with E-state index in [1.165, 1.54) is 20.1 Å². The van der Waals surface area contributed by atoms with Crippen molar-refractivity contribution in [3.05, 3.63) is 36.5 Å². The van der Waals surface area contributed by atoms with Gasteiger partial charge in [0.1, 0.15) is 34.9 Å². The van der Waals surface area contributed by atoms with Gasteiger partial charge in [-0.2, -0.15) is 0 Å². The van der Waals surface area contributed by atoms with Crippen LogP contribution in [-0.4, -0.2) is 186 Å². The number of carbonyl (C=O) groups is 1. The van der Waals surface area contributed by atoms with Crippen LogP contribution >= 0.6 is 0 Å². The number of cyclic esters (lactones) is 1. The molecule has 0 aliphatic carbocycles. The molecule has 18 nitrogen and oxygen atoms in total. The van der Waals surface area contributed by atoms with Crippen LogP contribution in [0.1, 0.15) is 94.9 Å². The van der Waals surface area contributed by atoms with Crippen LogP contribution in [0.3, 0.4) is 0 Å². The van der Waals surface area contributed by atoms with Crippen LogP contribution in [0.25, 0.3) is 10.9 Å². The third kappa shape index (κ3) is 12.5. The molecule has 3 aliphatic rings. The van der Waals surface area contributed by atoms with Crippen LogP contribution in [0.5, 0.6) is 0 Å². The molecular formula is C48H80N4O14S. The SMILES string of the molecule is CC[C@H]1OC(=O)[C@H](C)[C@@H](O[C@H]2C[C@@](C)(OC)[C@@H](O)[C@H](C)O2)[C@H](C)[C@@H](O[C@@H]2O[C@H](C)C[C@H](N(C)CCNS(=O)(=O)c3cccc4cccnc34)[C@H]2O)[C@](C)(O)C[C@@H](C)CN(C)[C@H](C)[C@@H](O)[C@]1(C)O. The predicted molar refractivity (Wildman–Crippen MR) is 250 cm³/mol. The monoisotopic (exact) mass is 969 g/mol. The summed E-state index contributed by atoms with van der Waals surface area (Å²) < 4.78 is 67.7. The molecule has 1 aromatic heterocycles. The first-order chi connectivity index (χ1) is 31.2. The first-order valence-electron chi connectivity index (χ1n) is 23.8. The fourth-order valence-corrected chi connectivity index (χ4v) is 11.8. The zero-order valence-electron chi connectivity index (χ0n) is 41.7. The summed E-state index contributed by atoms with van der Waals surface area (Å²) in [6, 6.07) is 7.34. The molecule has 4 heterocycles. The number of hydrogen-bond acceptors (Lipinski definition) is 17. The Kier molecular flexibility index (Phi) is 18.5. The largest absolute Gasteiger partial charge is 0.459 e. The quantitative estimate of drug-likeness (QED) is 0.168. The Balaban J connectivity index is 1.48. The highest BCUT2D eigenvalue weighted by Crippen LogP contribution is 2.40. The average molecular weight is 969 g/mol. The molecule has 0 saturated carbocycles. The van der Waals surface area contributed by atoms with Gasteiger partial charge in [0.25, 0.3) is 0 Å². The topological polar surface area (TPSA) is 239 Å². The number of pyridine rings is 1. The minimum Gasteiger partial charge on any atom is -0.459 e. The lowest BCUT2D eigenvalue weighted by molar-refractivity contribution is -0.318. The standard InChI is InChI=1S/C48H80N4O14S/c1-14-36-48(10,58)41(54)31(6)52(12)26-27(2)24-46(8,57)43(29(4)40(30(5)44(56)64-36)65-37-25-47(9,61-13)42(55)32(7)63-37)66-45-39(53)34(23-28(3)62-45)51(11)22-21-50-67(59,60)35-19-15-17-33-18-16-20-49-38(33)35/h15-20,27-32,34,36-37,39-43,45,50,53-55,57-58H,14,21-26H2,1-13H3/t27-,28-,29+,30-,31-,32+,34+,36-,37+,39-,40+,41-,42+,43-,45+,46-,47-,48-/m1/s1. The molecule has 382 valence electrons. The van der Waals surface area contributed by atoms with E-state index in [1.54, 1.807) is 86.0 Å². The number of methoxy groups -OCH3 is 1. The van der Waals surface area contributed by atoms with Crippen molar-refractivity contribution in [1.29, 1.82) is 0 Å². The summed E-state index contributed by atoms with van der Waals surface area (Å²) in [6.07, 6.45) is -8.20. The van der Waals surface area contributed by atoms with Crippen molar-refractivity contribution in [2.24, 2.45) is 17.8 Å². The van der Waals surface area contributed by atoms with Gasteiger partial charge < -0.3 is 58.9 Å². The van der Waals surface area contributed by atoms with Crippen LogP contribution in [0.2, 0.25) is 0 Å². The number of nitrogens with one attached hydrogen (secondary N) is 1. The van der Waals surface area contributed by atoms with Crippen molar-refractivity contribution in [3.8, 4) is 0 Å². The van der Waals surface area contributed by atoms with Crippen molar-refractivity contribution in [3.63, 3.8) is 0 Å². The Morgan fingerprint density at radius 1 is 0.970 bits per heavy atom. The van der Waals surface area contributed by atoms with Gasteiger partial charge in [0.2, 0.25) is 10.0 Å². The molecule has 0 spiro atoms. The summed E-state index contributed by atoms with van der Waals surface area (Å²) in [4.78, 5) is 22.5. The molecule has 18 atom stereocenters. The molecule has 6 N–H and O–H groups in total. The van der Waals surface area contributed by atoms with E-state index in [2.05, 4.69) is 9.71 Å². The lowest BCUT2D eigenvalue weighted by Gasteiger charge is -2.49. The van der Waals surface area contributed by atoms with E-state index in [1.807, 2.05) is 30.7 Å². The van der Waals surface area contributed by atoms with Crippen molar-refractivity contribution < 1.29 is 67.2 Å². The second-order valence-electron chi connectivity index (χ2n) is 20.4. The number of sulfonamides is 1. The fourth-order valence-electron chi connectivity index (χ4n) is 10.6. The number of hydrogen-bond donors (Lipinski definition) is 6. The zero-order chi connectivity index (χ0) is 50.0. The Bertz CT molecular complexity index is 2040. The van der Waals surface area contributed by atoms with Gasteiger partial charge in [-0.25, -0.2) is 13.1 Å². The molecule has 3 aliphatic heterocycles. The summed E-state index contributed by atoms with van der Waals surface area (Å²) in [7, 11) is 1.13. The van der Waals surface area contributed by atoms with Gasteiger partial charge in [-0.05, 0) is 99.9 Å². The Morgan fingerprint density at radius 2 is 1.64 bits per heavy atom. The van der Waals surface area contributed by atoms with Gasteiger partial charge in [0, 0.05) is 62.7 Å². The van der Waals surface area contributed by atoms with Crippen LogP contribution in [0.15, 0.2) is 41.4 Å². The smallest absolute Gasteiger partial charge is 0.311 e. The third-order valence-corrected chi connectivity index (χ3v) is 16.2. The van der Waals surface area contributed by atoms with Crippen molar-refractivity contribution in [2.45, 2.75) is 190 Å². The molecule has 5 rings (SSSR count). The average Bonchev–Trinajstić information content (AvgIpc) is 3.27. The lowest BCUT2D eigenvalue weighted by atomic mass is 9.77. The number of aliphatic hydroxyl groups excluding tert-OH is 3. The number of benzene rings is 1. The second kappa shape index (κ2) is 22.3. The van der Waals surface area contributed by atoms with Crippen molar-refractivity contribution in [2.75, 3.05) is 40.8 Å². The molecule has 2 aromatic rings. The summed E-state index contributed by atoms with van der Waals surface area (Å²) in [5.74, 6) is -2.92. The van der Waals surface area contributed by atoms with E-state index in [-0.39, 0.29) is 43.2 Å². The van der Waals surface area contributed by atoms with Gasteiger partial charge in [-0.3, -0.25) is 14.7 Å². The van der Waals surface area contributed by atoms with Crippen LogP contribution < -0.4 is 4.72 Å². The second-order valence-corrected chi connectivity index (χ2v) is 22.1. The number of esters is 1. The molecule has 0 radical (unpaired) electrons. The molecule has 0 amide bonds. The molecule has 3 saturated heterocycles. The maximum absolute atomic E-state index is 14.4. The number of carbonyl (C=O) groups excluding carboxylic acids is 1. The predicted octanol–water partition coefficient (Wildman–Crippen LogP) is 2.80. The van der Waals surface area contributed by atoms with E-state index < -0.39 is 118 Å². The Hall–Kier alpha value is -2.47. The minimum atomic E-state index is -3.95. The first kappa shape index (κ1) is 55.5. The Labute approximate surface area is 397 Å². The van der Waals surface area contributed by atoms with E-state index in [4.69, 9.17) is 28.4 Å². The highest BCUT2D eigenvalue weighted by atomic mass is 32.2. The maximum atomic E-state index is 14.4. The molecule has 0 unspecified atom stereocenters. The van der Waals surface area contributed by atoms with E-state index in [9.17, 15) is 38.7 Å². The molecule has 1 aromatic carbocycles. The summed E-state index contributed by atoms with van der Waals surface area (Å²) in [6.45, 7) is 17.9. The van der Waals surface area contributed by atoms with Crippen LogP contribution in [0, 0.1) is 17.8 Å². The summed E-state index contributed by atoms with van der Waals surface area (Å²) >= 11 is 0. The van der Waals surface area contributed by atoms with Gasteiger partial charge in [-0.1, -0.05) is 39.0 Å². The number of aliphatic hydroxyl groups is 5. The summed E-state index contributed by atoms with van der Waals surface area (Å²) in [5.41, 5.74) is -4.26. The number of nitrogens with zero attached hydrogens (tertiary/aromatic N) is 3. The number of rotatable bonds is 12. The number of fused-ring (bicyclic) bond motifs is 1. The van der Waals surface area contributed by atoms with E-state index in [0.717, 1.165) is 0 Å². The number of para-hydroxylation sites is 1. The number of ether oxygens (including phenoxy) is 6. The van der Waals surface area contributed by atoms with E-state index in [0.29, 0.717) is 23.9 Å². The first-order valence-corrected chi connectivity index (χ1v) is 25.3. The minimum absolute atomic E-state index is 0.0186. The third-order valence-electron chi connectivity index (χ3n) is 14.8. The van der Waals surface area contributed by atoms with Gasteiger partial charge in [0.15, 0.2) is 12.6 Å².